The molecule has 1 saturated heterocycles. The number of ether oxygens (including phenoxy) is 1. The minimum absolute atomic E-state index is 0.204. The second-order valence-electron chi connectivity index (χ2n) is 10.2. The smallest absolute Gasteiger partial charge is 0.316 e. The highest BCUT2D eigenvalue weighted by Crippen LogP contribution is 2.31. The molecule has 11 heteroatoms. The summed E-state index contributed by atoms with van der Waals surface area (Å²) in [6.07, 6.45) is 3.43. The molecule has 2 atom stereocenters. The second kappa shape index (κ2) is 10.5. The molecule has 1 amide bonds. The van der Waals surface area contributed by atoms with E-state index in [0.29, 0.717) is 47.4 Å². The Balaban J connectivity index is 1.52. The molecule has 1 aliphatic heterocycles. The number of anilines is 2. The largest absolute Gasteiger partial charge is 0.462 e. The minimum Gasteiger partial charge on any atom is -0.462 e. The number of likely N-dealkylation sites (N-methyl/N-ethyl adjacent to an activating group) is 1. The summed E-state index contributed by atoms with van der Waals surface area (Å²) < 4.78 is 22.0. The Morgan fingerprint density at radius 1 is 1.21 bits per heavy atom. The van der Waals surface area contributed by atoms with Gasteiger partial charge in [-0.15, -0.1) is 0 Å². The van der Waals surface area contributed by atoms with E-state index in [1.165, 1.54) is 10.7 Å². The lowest BCUT2D eigenvalue weighted by Crippen LogP contribution is -2.54. The van der Waals surface area contributed by atoms with Crippen molar-refractivity contribution in [2.24, 2.45) is 7.05 Å². The molecule has 2 N–H and O–H groups in total. The van der Waals surface area contributed by atoms with Crippen molar-refractivity contribution < 1.29 is 13.9 Å². The van der Waals surface area contributed by atoms with Gasteiger partial charge in [0.1, 0.15) is 12.1 Å². The summed E-state index contributed by atoms with van der Waals surface area (Å²) in [5.41, 5.74) is 2.39. The first-order chi connectivity index (χ1) is 18.2. The molecule has 4 aromatic rings. The van der Waals surface area contributed by atoms with Crippen LogP contribution >= 0.6 is 0 Å². The molecule has 1 fully saturated rings. The Hall–Kier alpha value is -3.83. The van der Waals surface area contributed by atoms with E-state index in [4.69, 9.17) is 4.74 Å². The van der Waals surface area contributed by atoms with E-state index in [0.717, 1.165) is 24.2 Å². The number of nitrogens with one attached hydrogen (secondary N) is 2. The zero-order chi connectivity index (χ0) is 27.0. The molecule has 0 radical (unpaired) electrons. The van der Waals surface area contributed by atoms with E-state index < -0.39 is 11.7 Å². The van der Waals surface area contributed by atoms with Crippen molar-refractivity contribution in [3.8, 4) is 6.01 Å². The predicted molar refractivity (Wildman–Crippen MR) is 146 cm³/mol. The van der Waals surface area contributed by atoms with Gasteiger partial charge in [-0.05, 0) is 52.2 Å². The third kappa shape index (κ3) is 5.39. The van der Waals surface area contributed by atoms with Crippen LogP contribution in [0.1, 0.15) is 24.2 Å². The van der Waals surface area contributed by atoms with Crippen LogP contribution in [0.4, 0.5) is 15.8 Å². The Kier molecular flexibility index (Phi) is 7.13. The van der Waals surface area contributed by atoms with Gasteiger partial charge in [-0.25, -0.2) is 9.37 Å². The predicted octanol–water partition coefficient (Wildman–Crippen LogP) is 3.03. The summed E-state index contributed by atoms with van der Waals surface area (Å²) in [7, 11) is 5.64. The van der Waals surface area contributed by atoms with Crippen LogP contribution in [-0.4, -0.2) is 83.0 Å². The van der Waals surface area contributed by atoms with Crippen molar-refractivity contribution in [1.29, 1.82) is 0 Å². The fraction of sp³-hybridized carbons (Fsp3) is 0.407. The summed E-state index contributed by atoms with van der Waals surface area (Å²) >= 11 is 0. The van der Waals surface area contributed by atoms with Crippen molar-refractivity contribution >= 4 is 39.1 Å². The van der Waals surface area contributed by atoms with Gasteiger partial charge in [0, 0.05) is 73.3 Å². The van der Waals surface area contributed by atoms with E-state index in [2.05, 4.69) is 44.4 Å². The summed E-state index contributed by atoms with van der Waals surface area (Å²) in [5.74, 6) is -0.899. The summed E-state index contributed by atoms with van der Waals surface area (Å²) in [6.45, 7) is 7.05. The van der Waals surface area contributed by atoms with Crippen molar-refractivity contribution in [2.75, 3.05) is 50.6 Å². The van der Waals surface area contributed by atoms with Gasteiger partial charge in [0.2, 0.25) is 0 Å². The number of carbonyl (C=O) groups is 1. The van der Waals surface area contributed by atoms with Crippen LogP contribution in [0.3, 0.4) is 0 Å². The van der Waals surface area contributed by atoms with E-state index in [1.54, 1.807) is 31.6 Å². The fourth-order valence-corrected chi connectivity index (χ4v) is 4.94. The van der Waals surface area contributed by atoms with Crippen LogP contribution in [0, 0.1) is 5.82 Å². The molecule has 200 valence electrons. The average Bonchev–Trinajstić information content (AvgIpc) is 3.23. The number of amides is 1. The van der Waals surface area contributed by atoms with Gasteiger partial charge in [-0.3, -0.25) is 9.48 Å². The Labute approximate surface area is 220 Å². The topological polar surface area (TPSA) is 100 Å². The normalized spacial score (nSPS) is 17.9. The van der Waals surface area contributed by atoms with Gasteiger partial charge in [-0.1, -0.05) is 0 Å². The number of hydrogen-bond donors (Lipinski definition) is 2. The van der Waals surface area contributed by atoms with Gasteiger partial charge in [0.15, 0.2) is 5.82 Å². The summed E-state index contributed by atoms with van der Waals surface area (Å²) in [4.78, 5) is 26.9. The molecule has 0 bridgehead atoms. The molecule has 2 aromatic carbocycles. The molecule has 38 heavy (non-hydrogen) atoms. The van der Waals surface area contributed by atoms with Gasteiger partial charge >= 0.3 is 6.01 Å². The first-order valence-electron chi connectivity index (χ1n) is 12.7. The van der Waals surface area contributed by atoms with Crippen molar-refractivity contribution in [2.45, 2.75) is 25.9 Å². The third-order valence-electron chi connectivity index (χ3n) is 6.55. The first kappa shape index (κ1) is 25.8. The van der Waals surface area contributed by atoms with Crippen molar-refractivity contribution in [1.82, 2.24) is 30.0 Å². The molecular weight excluding hydrogens is 487 g/mol. The number of aryl methyl sites for hydroxylation is 1. The molecule has 0 unspecified atom stereocenters. The number of nitrogens with zero attached hydrogens (tertiary/aromatic N) is 6. The van der Waals surface area contributed by atoms with Crippen LogP contribution in [0.2, 0.25) is 0 Å². The number of piperazine rings is 1. The molecular formula is C27H33FN8O2. The van der Waals surface area contributed by atoms with Gasteiger partial charge in [0.05, 0.1) is 11.1 Å². The first-order valence-corrected chi connectivity index (χ1v) is 12.7. The fourth-order valence-electron chi connectivity index (χ4n) is 4.94. The Bertz CT molecular complexity index is 1480. The molecule has 5 rings (SSSR count). The number of hydrogen-bond acceptors (Lipinski definition) is 8. The maximum Gasteiger partial charge on any atom is 0.316 e. The van der Waals surface area contributed by atoms with Crippen LogP contribution in [0.15, 0.2) is 36.7 Å². The molecule has 0 aliphatic carbocycles. The summed E-state index contributed by atoms with van der Waals surface area (Å²) in [5, 5.41) is 11.9. The van der Waals surface area contributed by atoms with Crippen LogP contribution in [-0.2, 0) is 7.05 Å². The highest BCUT2D eigenvalue weighted by atomic mass is 19.1. The van der Waals surface area contributed by atoms with Gasteiger partial charge in [-0.2, -0.15) is 10.1 Å². The number of halogens is 1. The molecule has 3 heterocycles. The van der Waals surface area contributed by atoms with Crippen molar-refractivity contribution in [3.05, 3.63) is 48.0 Å². The average molecular weight is 521 g/mol. The number of benzene rings is 2. The maximum absolute atomic E-state index is 14.6. The number of carbonyl (C=O) groups excluding carboxylic acids is 1. The quantitative estimate of drug-likeness (QED) is 0.384. The molecule has 2 aromatic heterocycles. The second-order valence-corrected chi connectivity index (χ2v) is 10.2. The number of rotatable bonds is 7. The van der Waals surface area contributed by atoms with E-state index >= 15 is 0 Å². The van der Waals surface area contributed by atoms with Crippen LogP contribution < -0.4 is 20.3 Å². The minimum atomic E-state index is -0.501. The molecule has 1 aliphatic rings. The Morgan fingerprint density at radius 3 is 2.71 bits per heavy atom. The van der Waals surface area contributed by atoms with Gasteiger partial charge in [0.25, 0.3) is 5.91 Å². The van der Waals surface area contributed by atoms with Crippen molar-refractivity contribution in [3.63, 3.8) is 0 Å². The zero-order valence-electron chi connectivity index (χ0n) is 22.3. The SMILES string of the molecule is C[C@@H]1CN(c2ccc(C(=O)Nc3cc(F)c4nn(C)cc4c3)c3nc(OCCN(C)C)ncc23)C[C@H](C)N1. The third-order valence-corrected chi connectivity index (χ3v) is 6.55. The highest BCUT2D eigenvalue weighted by molar-refractivity contribution is 6.14. The van der Waals surface area contributed by atoms with Crippen LogP contribution in [0.25, 0.3) is 21.8 Å². The Morgan fingerprint density at radius 2 is 1.97 bits per heavy atom. The lowest BCUT2D eigenvalue weighted by molar-refractivity contribution is 0.102. The molecule has 10 nitrogen and oxygen atoms in total. The van der Waals surface area contributed by atoms with Crippen LogP contribution in [0.5, 0.6) is 6.01 Å². The zero-order valence-corrected chi connectivity index (χ0v) is 22.3. The van der Waals surface area contributed by atoms with Gasteiger partial charge < -0.3 is 25.2 Å². The van der Waals surface area contributed by atoms with E-state index in [-0.39, 0.29) is 11.5 Å². The number of aromatic nitrogens is 4. The monoisotopic (exact) mass is 520 g/mol. The number of fused-ring (bicyclic) bond motifs is 2. The maximum atomic E-state index is 14.6. The highest BCUT2D eigenvalue weighted by Gasteiger charge is 2.25. The standard InChI is InChI=1S/C27H33FN8O2/c1-16-13-36(14-17(2)30-16)23-7-6-20(25-21(23)12-29-27(32-25)38-9-8-34(3)4)26(37)31-19-10-18-15-35(5)33-24(18)22(28)11-19/h6-7,10-12,15-17,30H,8-9,13-14H2,1-5H3,(H,31,37)/t16-,17+. The van der Waals surface area contributed by atoms with E-state index in [1.807, 2.05) is 25.1 Å². The molecule has 0 saturated carbocycles. The molecule has 0 spiro atoms. The lowest BCUT2D eigenvalue weighted by Gasteiger charge is -2.38. The lowest BCUT2D eigenvalue weighted by atomic mass is 10.0. The van der Waals surface area contributed by atoms with E-state index in [9.17, 15) is 9.18 Å². The summed E-state index contributed by atoms with van der Waals surface area (Å²) in [6, 6.07) is 7.50.